The van der Waals surface area contributed by atoms with Crippen molar-refractivity contribution >= 4 is 41.4 Å². The van der Waals surface area contributed by atoms with E-state index in [1.165, 1.54) is 57.8 Å². The summed E-state index contributed by atoms with van der Waals surface area (Å²) in [5.74, 6) is -4.27. The first-order valence-corrected chi connectivity index (χ1v) is 21.5. The molecule has 1 heterocycles. The number of nitrogens with two attached hydrogens (primary N) is 1. The number of aliphatic carboxylic acids is 1. The number of nitrogens with zero attached hydrogens (tertiary/aromatic N) is 4. The van der Waals surface area contributed by atoms with Crippen LogP contribution in [0.3, 0.4) is 0 Å². The molecular formula is C39H70N10O13. The lowest BCUT2D eigenvalue weighted by Crippen LogP contribution is -2.54. The summed E-state index contributed by atoms with van der Waals surface area (Å²) in [4.78, 5) is 88.4. The molecule has 0 bridgehead atoms. The standard InChI is InChI=1S/C39H70N10O13/c1-30(51)49(27-36(54)43-32(28-50)38(56)44-31(39(57)58)17-18-33(40)52)62-26-25-60-22-20-42-37(55)29-61-24-23-59-21-19-41-35(53)16-14-12-10-8-6-4-2-3-5-7-9-11-13-15-34-45-47-48-46-34/h31-32,50H,2-29H2,1H3,(H2,40,52)(H,41,53)(H,42,55)(H,43,54)(H,44,56)(H,57,58)(H,45,46,47,48)/t31-,32+/m0/s1. The summed E-state index contributed by atoms with van der Waals surface area (Å²) in [7, 11) is 0. The lowest BCUT2D eigenvalue weighted by Gasteiger charge is -2.23. The van der Waals surface area contributed by atoms with E-state index in [4.69, 9.17) is 24.8 Å². The Morgan fingerprint density at radius 3 is 1.81 bits per heavy atom. The Morgan fingerprint density at radius 1 is 0.694 bits per heavy atom. The van der Waals surface area contributed by atoms with Crippen molar-refractivity contribution in [3.05, 3.63) is 5.82 Å². The monoisotopic (exact) mass is 887 g/mol. The van der Waals surface area contributed by atoms with Gasteiger partial charge in [0.1, 0.15) is 31.1 Å². The van der Waals surface area contributed by atoms with E-state index in [2.05, 4.69) is 41.9 Å². The van der Waals surface area contributed by atoms with E-state index in [-0.39, 0.29) is 70.8 Å². The Morgan fingerprint density at radius 2 is 1.26 bits per heavy atom. The highest BCUT2D eigenvalue weighted by molar-refractivity contribution is 5.92. The Labute approximate surface area is 362 Å². The number of unbranched alkanes of at least 4 members (excludes halogenated alkanes) is 12. The van der Waals surface area contributed by atoms with Crippen molar-refractivity contribution in [2.45, 2.75) is 128 Å². The van der Waals surface area contributed by atoms with Gasteiger partial charge in [0.15, 0.2) is 0 Å². The first-order valence-electron chi connectivity index (χ1n) is 21.5. The van der Waals surface area contributed by atoms with E-state index in [1.807, 2.05) is 0 Å². The van der Waals surface area contributed by atoms with Crippen LogP contribution in [0.25, 0.3) is 0 Å². The summed E-state index contributed by atoms with van der Waals surface area (Å²) in [5, 5.41) is 43.1. The second-order valence-corrected chi connectivity index (χ2v) is 14.5. The molecule has 1 aromatic rings. The number of tetrazole rings is 1. The molecule has 0 saturated heterocycles. The highest BCUT2D eigenvalue weighted by atomic mass is 16.7. The summed E-state index contributed by atoms with van der Waals surface area (Å²) in [5.41, 5.74) is 5.01. The number of hydroxylamine groups is 2. The van der Waals surface area contributed by atoms with Crippen LogP contribution in [0.2, 0.25) is 0 Å². The van der Waals surface area contributed by atoms with Crippen LogP contribution in [0.5, 0.6) is 0 Å². The summed E-state index contributed by atoms with van der Waals surface area (Å²) in [6.07, 6.45) is 16.4. The van der Waals surface area contributed by atoms with Crippen molar-refractivity contribution < 1.29 is 62.8 Å². The predicted molar refractivity (Wildman–Crippen MR) is 221 cm³/mol. The highest BCUT2D eigenvalue weighted by Crippen LogP contribution is 2.13. The van der Waals surface area contributed by atoms with Gasteiger partial charge in [-0.05, 0) is 29.7 Å². The number of carboxylic acids is 1. The first-order chi connectivity index (χ1) is 29.9. The van der Waals surface area contributed by atoms with Gasteiger partial charge in [-0.15, -0.1) is 5.10 Å². The number of ether oxygens (including phenoxy) is 3. The lowest BCUT2D eigenvalue weighted by atomic mass is 10.0. The average Bonchev–Trinajstić information content (AvgIpc) is 3.76. The fourth-order valence-corrected chi connectivity index (χ4v) is 5.79. The first kappa shape index (κ1) is 55.2. The number of aromatic nitrogens is 4. The second-order valence-electron chi connectivity index (χ2n) is 14.5. The van der Waals surface area contributed by atoms with Crippen LogP contribution in [0, 0.1) is 0 Å². The SMILES string of the molecule is CC(=O)N(CC(=O)N[C@H](CO)C(=O)N[C@@H](CCC(N)=O)C(=O)O)OCCOCCNC(=O)COCCOCCNC(=O)CCCCCCCCCCCCCCCc1nnn[nH]1. The van der Waals surface area contributed by atoms with Crippen LogP contribution in [-0.2, 0) is 59.0 Å². The number of carboxylic acid groups (broad SMARTS) is 1. The van der Waals surface area contributed by atoms with Crippen LogP contribution in [-0.4, -0.2) is 162 Å². The summed E-state index contributed by atoms with van der Waals surface area (Å²) in [6, 6.07) is -3.04. The van der Waals surface area contributed by atoms with E-state index >= 15 is 0 Å². The van der Waals surface area contributed by atoms with E-state index in [0.29, 0.717) is 24.6 Å². The molecule has 6 amide bonds. The molecule has 0 spiro atoms. The summed E-state index contributed by atoms with van der Waals surface area (Å²) >= 11 is 0. The third-order valence-electron chi connectivity index (χ3n) is 9.19. The summed E-state index contributed by atoms with van der Waals surface area (Å²) in [6.45, 7) is 0.731. The average molecular weight is 887 g/mol. The topological polar surface area (TPSA) is 329 Å². The molecule has 2 atom stereocenters. The number of aliphatic hydroxyl groups excluding tert-OH is 1. The molecule has 0 saturated carbocycles. The molecule has 23 heteroatoms. The van der Waals surface area contributed by atoms with Crippen molar-refractivity contribution in [2.75, 3.05) is 72.5 Å². The molecule has 62 heavy (non-hydrogen) atoms. The molecule has 0 aliphatic heterocycles. The number of aliphatic hydroxyl groups is 1. The number of H-pyrrole nitrogens is 1. The Balaban J connectivity index is 1.95. The van der Waals surface area contributed by atoms with Crippen molar-refractivity contribution in [1.82, 2.24) is 47.0 Å². The van der Waals surface area contributed by atoms with Crippen LogP contribution in [0.4, 0.5) is 0 Å². The molecule has 354 valence electrons. The molecular weight excluding hydrogens is 816 g/mol. The van der Waals surface area contributed by atoms with Crippen LogP contribution >= 0.6 is 0 Å². The number of carbonyl (C=O) groups excluding carboxylic acids is 6. The van der Waals surface area contributed by atoms with Gasteiger partial charge in [0.05, 0.1) is 46.2 Å². The Kier molecular flexibility index (Phi) is 32.7. The maximum atomic E-state index is 12.4. The smallest absolute Gasteiger partial charge is 0.326 e. The van der Waals surface area contributed by atoms with Gasteiger partial charge in [-0.2, -0.15) is 0 Å². The Bertz CT molecular complexity index is 1410. The van der Waals surface area contributed by atoms with Gasteiger partial charge < -0.3 is 51.4 Å². The fraction of sp³-hybridized carbons (Fsp3) is 0.795. The molecule has 9 N–H and O–H groups in total. The predicted octanol–water partition coefficient (Wildman–Crippen LogP) is -0.422. The molecule has 0 aliphatic carbocycles. The zero-order valence-electron chi connectivity index (χ0n) is 36.2. The molecule has 0 unspecified atom stereocenters. The number of aromatic amines is 1. The minimum atomic E-state index is -1.55. The van der Waals surface area contributed by atoms with E-state index in [0.717, 1.165) is 44.9 Å². The highest BCUT2D eigenvalue weighted by Gasteiger charge is 2.27. The van der Waals surface area contributed by atoms with Gasteiger partial charge in [-0.1, -0.05) is 70.6 Å². The molecule has 0 aromatic carbocycles. The minimum Gasteiger partial charge on any atom is -0.480 e. The van der Waals surface area contributed by atoms with Crippen LogP contribution < -0.4 is 27.0 Å². The van der Waals surface area contributed by atoms with Crippen LogP contribution in [0.1, 0.15) is 115 Å². The van der Waals surface area contributed by atoms with E-state index in [1.54, 1.807) is 0 Å². The van der Waals surface area contributed by atoms with Crippen molar-refractivity contribution in [3.8, 4) is 0 Å². The maximum Gasteiger partial charge on any atom is 0.326 e. The number of amides is 6. The van der Waals surface area contributed by atoms with E-state index in [9.17, 15) is 43.8 Å². The van der Waals surface area contributed by atoms with Gasteiger partial charge >= 0.3 is 5.97 Å². The van der Waals surface area contributed by atoms with Gasteiger partial charge in [0, 0.05) is 39.3 Å². The number of aryl methyl sites for hydroxylation is 1. The zero-order valence-corrected chi connectivity index (χ0v) is 36.2. The number of primary amides is 1. The largest absolute Gasteiger partial charge is 0.480 e. The number of hydrogen-bond donors (Lipinski definition) is 8. The molecule has 0 fully saturated rings. The second kappa shape index (κ2) is 36.8. The van der Waals surface area contributed by atoms with Gasteiger partial charge in [0.2, 0.25) is 35.4 Å². The maximum absolute atomic E-state index is 12.4. The van der Waals surface area contributed by atoms with Crippen LogP contribution in [0.15, 0.2) is 0 Å². The van der Waals surface area contributed by atoms with Gasteiger partial charge in [-0.25, -0.2) is 15.0 Å². The number of hydrogen-bond acceptors (Lipinski definition) is 15. The lowest BCUT2D eigenvalue weighted by molar-refractivity contribution is -0.190. The molecule has 23 nitrogen and oxygen atoms in total. The quantitative estimate of drug-likeness (QED) is 0.0306. The van der Waals surface area contributed by atoms with Crippen molar-refractivity contribution in [2.24, 2.45) is 5.73 Å². The molecule has 1 rings (SSSR count). The molecule has 0 aliphatic rings. The van der Waals surface area contributed by atoms with Gasteiger partial charge in [-0.3, -0.25) is 33.6 Å². The van der Waals surface area contributed by atoms with E-state index < -0.39 is 54.8 Å². The normalized spacial score (nSPS) is 12.0. The molecule has 1 aromatic heterocycles. The number of nitrogens with one attached hydrogen (secondary N) is 5. The number of rotatable bonds is 41. The van der Waals surface area contributed by atoms with Crippen molar-refractivity contribution in [1.29, 1.82) is 0 Å². The van der Waals surface area contributed by atoms with Crippen molar-refractivity contribution in [3.63, 3.8) is 0 Å². The number of carbonyl (C=O) groups is 7. The molecule has 0 radical (unpaired) electrons. The minimum absolute atomic E-state index is 0.00625. The fourth-order valence-electron chi connectivity index (χ4n) is 5.79. The third kappa shape index (κ3) is 31.1. The third-order valence-corrected chi connectivity index (χ3v) is 9.19. The summed E-state index contributed by atoms with van der Waals surface area (Å²) < 4.78 is 16.1. The Hall–Kier alpha value is -4.84. The van der Waals surface area contributed by atoms with Gasteiger partial charge in [0.25, 0.3) is 0 Å². The zero-order chi connectivity index (χ0) is 45.6.